The highest BCUT2D eigenvalue weighted by atomic mass is 35.5. The molecular weight excluding hydrogens is 312 g/mol. The van der Waals surface area contributed by atoms with Gasteiger partial charge < -0.3 is 20.1 Å². The number of halogens is 1. The van der Waals surface area contributed by atoms with Gasteiger partial charge in [0.25, 0.3) is 11.5 Å². The molecule has 7 nitrogen and oxygen atoms in total. The Kier molecular flexibility index (Phi) is 4.09. The number of carboxylic acids is 1. The fourth-order valence-corrected chi connectivity index (χ4v) is 2.32. The summed E-state index contributed by atoms with van der Waals surface area (Å²) in [5, 5.41) is 21.5. The third-order valence-corrected chi connectivity index (χ3v) is 3.61. The summed E-state index contributed by atoms with van der Waals surface area (Å²) >= 11 is 6.02. The number of benzene rings is 1. The first-order chi connectivity index (χ1) is 10.3. The quantitative estimate of drug-likeness (QED) is 0.783. The molecule has 1 amide bonds. The maximum Gasteiger partial charge on any atom is 0.325 e. The average Bonchev–Trinajstić information content (AvgIpc) is 2.44. The molecule has 0 aliphatic carbocycles. The van der Waals surface area contributed by atoms with Gasteiger partial charge in [0.1, 0.15) is 17.4 Å². The minimum absolute atomic E-state index is 0.152. The molecule has 3 N–H and O–H groups in total. The highest BCUT2D eigenvalue weighted by molar-refractivity contribution is 6.36. The molecule has 0 bridgehead atoms. The zero-order valence-corrected chi connectivity index (χ0v) is 12.5. The number of fused-ring (bicyclic) bond motifs is 1. The number of hydrogen-bond donors (Lipinski definition) is 3. The van der Waals surface area contributed by atoms with Crippen molar-refractivity contribution in [3.05, 3.63) is 39.1 Å². The van der Waals surface area contributed by atoms with Gasteiger partial charge in [0.05, 0.1) is 15.9 Å². The van der Waals surface area contributed by atoms with Crippen LogP contribution in [0.25, 0.3) is 10.9 Å². The molecule has 116 valence electrons. The summed E-state index contributed by atoms with van der Waals surface area (Å²) in [5.74, 6) is -2.81. The number of aromatic hydroxyl groups is 1. The highest BCUT2D eigenvalue weighted by Gasteiger charge is 2.24. The number of nitrogens with one attached hydrogen (secondary N) is 1. The fraction of sp³-hybridized carbons (Fsp3) is 0.214. The molecule has 1 unspecified atom stereocenters. The number of carbonyl (C=O) groups excluding carboxylic acids is 1. The highest BCUT2D eigenvalue weighted by Crippen LogP contribution is 2.32. The minimum atomic E-state index is -1.26. The van der Waals surface area contributed by atoms with Gasteiger partial charge in [-0.2, -0.15) is 0 Å². The van der Waals surface area contributed by atoms with Gasteiger partial charge >= 0.3 is 5.97 Å². The van der Waals surface area contributed by atoms with Crippen LogP contribution in [0.15, 0.2) is 23.0 Å². The van der Waals surface area contributed by atoms with Crippen molar-refractivity contribution in [3.63, 3.8) is 0 Å². The lowest BCUT2D eigenvalue weighted by atomic mass is 10.1. The molecule has 2 rings (SSSR count). The maximum atomic E-state index is 12.3. The Hall–Kier alpha value is -2.54. The van der Waals surface area contributed by atoms with E-state index in [0.717, 1.165) is 0 Å². The number of aliphatic carboxylic acids is 1. The van der Waals surface area contributed by atoms with Crippen molar-refractivity contribution in [3.8, 4) is 5.75 Å². The molecule has 22 heavy (non-hydrogen) atoms. The summed E-state index contributed by atoms with van der Waals surface area (Å²) in [4.78, 5) is 35.2. The molecule has 0 spiro atoms. The van der Waals surface area contributed by atoms with E-state index in [9.17, 15) is 19.5 Å². The molecular formula is C14H13ClN2O5. The Morgan fingerprint density at radius 3 is 2.59 bits per heavy atom. The second-order valence-corrected chi connectivity index (χ2v) is 5.16. The first kappa shape index (κ1) is 15.8. The van der Waals surface area contributed by atoms with Crippen molar-refractivity contribution < 1.29 is 19.8 Å². The predicted molar refractivity (Wildman–Crippen MR) is 80.4 cm³/mol. The van der Waals surface area contributed by atoms with E-state index in [1.165, 1.54) is 24.6 Å². The third-order valence-electron chi connectivity index (χ3n) is 3.29. The Labute approximate surface area is 129 Å². The molecule has 1 aromatic heterocycles. The number of aromatic nitrogens is 1. The van der Waals surface area contributed by atoms with Crippen LogP contribution in [-0.4, -0.2) is 32.7 Å². The fourth-order valence-electron chi connectivity index (χ4n) is 2.07. The molecule has 2 aromatic rings. The van der Waals surface area contributed by atoms with Crippen molar-refractivity contribution in [2.75, 3.05) is 0 Å². The van der Waals surface area contributed by atoms with Gasteiger partial charge in [-0.05, 0) is 19.1 Å². The van der Waals surface area contributed by atoms with Crippen LogP contribution in [0.2, 0.25) is 5.02 Å². The van der Waals surface area contributed by atoms with E-state index in [1.54, 1.807) is 12.1 Å². The Morgan fingerprint density at radius 1 is 1.36 bits per heavy atom. The van der Waals surface area contributed by atoms with Gasteiger partial charge in [0, 0.05) is 7.05 Å². The predicted octanol–water partition coefficient (Wildman–Crippen LogP) is 1.10. The first-order valence-corrected chi connectivity index (χ1v) is 6.67. The van der Waals surface area contributed by atoms with Crippen molar-refractivity contribution in [2.45, 2.75) is 13.0 Å². The minimum Gasteiger partial charge on any atom is -0.506 e. The SMILES string of the molecule is CC(NC(=O)c1c(O)c2c(Cl)cccc2n(C)c1=O)C(=O)O. The maximum absolute atomic E-state index is 12.3. The van der Waals surface area contributed by atoms with E-state index in [-0.39, 0.29) is 10.4 Å². The number of aryl methyl sites for hydroxylation is 1. The van der Waals surface area contributed by atoms with Gasteiger partial charge in [0.2, 0.25) is 0 Å². The van der Waals surface area contributed by atoms with Crippen LogP contribution in [0.1, 0.15) is 17.3 Å². The van der Waals surface area contributed by atoms with Gasteiger partial charge in [-0.3, -0.25) is 14.4 Å². The van der Waals surface area contributed by atoms with Gasteiger partial charge in [0.15, 0.2) is 0 Å². The summed E-state index contributed by atoms with van der Waals surface area (Å²) < 4.78 is 1.17. The standard InChI is InChI=1S/C14H13ClN2O5/c1-6(14(21)22)16-12(19)10-11(18)9-7(15)4-3-5-8(9)17(2)13(10)20/h3-6,18H,1-2H3,(H,16,19)(H,21,22). The number of hydrogen-bond acceptors (Lipinski definition) is 4. The van der Waals surface area contributed by atoms with Crippen molar-refractivity contribution >= 4 is 34.4 Å². The van der Waals surface area contributed by atoms with Crippen LogP contribution in [0.5, 0.6) is 5.75 Å². The Bertz CT molecular complexity index is 843. The van der Waals surface area contributed by atoms with Crippen LogP contribution in [0.4, 0.5) is 0 Å². The second kappa shape index (κ2) is 5.69. The van der Waals surface area contributed by atoms with Crippen molar-refractivity contribution in [2.24, 2.45) is 7.05 Å². The van der Waals surface area contributed by atoms with E-state index in [1.807, 2.05) is 0 Å². The van der Waals surface area contributed by atoms with Crippen LogP contribution in [0.3, 0.4) is 0 Å². The van der Waals surface area contributed by atoms with Crippen LogP contribution < -0.4 is 10.9 Å². The van der Waals surface area contributed by atoms with Gasteiger partial charge in [-0.15, -0.1) is 0 Å². The largest absolute Gasteiger partial charge is 0.506 e. The van der Waals surface area contributed by atoms with Crippen LogP contribution in [-0.2, 0) is 11.8 Å². The monoisotopic (exact) mass is 324 g/mol. The van der Waals surface area contributed by atoms with E-state index >= 15 is 0 Å². The third kappa shape index (κ3) is 2.50. The van der Waals surface area contributed by atoms with Crippen molar-refractivity contribution in [1.82, 2.24) is 9.88 Å². The summed E-state index contributed by atoms with van der Waals surface area (Å²) in [7, 11) is 1.43. The van der Waals surface area contributed by atoms with E-state index in [2.05, 4.69) is 5.32 Å². The molecule has 0 saturated carbocycles. The molecule has 8 heteroatoms. The second-order valence-electron chi connectivity index (χ2n) is 4.76. The summed E-state index contributed by atoms with van der Waals surface area (Å²) in [5.41, 5.74) is -0.934. The van der Waals surface area contributed by atoms with Crippen LogP contribution in [0, 0.1) is 0 Å². The molecule has 0 aliphatic heterocycles. The zero-order valence-electron chi connectivity index (χ0n) is 11.8. The topological polar surface area (TPSA) is 109 Å². The van der Waals surface area contributed by atoms with E-state index in [4.69, 9.17) is 16.7 Å². The number of amides is 1. The summed E-state index contributed by atoms with van der Waals surface area (Å²) in [6.07, 6.45) is 0. The van der Waals surface area contributed by atoms with Gasteiger partial charge in [-0.1, -0.05) is 17.7 Å². The summed E-state index contributed by atoms with van der Waals surface area (Å²) in [6, 6.07) is 3.48. The molecule has 0 radical (unpaired) electrons. The number of rotatable bonds is 3. The molecule has 1 atom stereocenters. The number of carbonyl (C=O) groups is 2. The zero-order chi connectivity index (χ0) is 16.6. The number of pyridine rings is 1. The number of nitrogens with zero attached hydrogens (tertiary/aromatic N) is 1. The van der Waals surface area contributed by atoms with Crippen LogP contribution >= 0.6 is 11.6 Å². The Morgan fingerprint density at radius 2 is 2.00 bits per heavy atom. The lowest BCUT2D eigenvalue weighted by molar-refractivity contribution is -0.138. The smallest absolute Gasteiger partial charge is 0.325 e. The van der Waals surface area contributed by atoms with E-state index < -0.39 is 34.8 Å². The van der Waals surface area contributed by atoms with E-state index in [0.29, 0.717) is 5.52 Å². The number of carboxylic acid groups (broad SMARTS) is 1. The molecule has 0 saturated heterocycles. The lowest BCUT2D eigenvalue weighted by Crippen LogP contribution is -2.41. The molecule has 0 fully saturated rings. The molecule has 0 aliphatic rings. The normalized spacial score (nSPS) is 12.1. The summed E-state index contributed by atoms with van der Waals surface area (Å²) in [6.45, 7) is 1.25. The molecule has 1 aromatic carbocycles. The Balaban J connectivity index is 2.70. The average molecular weight is 325 g/mol. The van der Waals surface area contributed by atoms with Crippen molar-refractivity contribution in [1.29, 1.82) is 0 Å². The molecule has 1 heterocycles. The van der Waals surface area contributed by atoms with Gasteiger partial charge in [-0.25, -0.2) is 0 Å². The lowest BCUT2D eigenvalue weighted by Gasteiger charge is -2.14. The first-order valence-electron chi connectivity index (χ1n) is 6.29.